The van der Waals surface area contributed by atoms with Crippen molar-refractivity contribution in [2.45, 2.75) is 44.1 Å². The average Bonchev–Trinajstić information content (AvgIpc) is 2.80. The van der Waals surface area contributed by atoms with Crippen LogP contribution in [-0.4, -0.2) is 21.3 Å². The molecule has 0 amide bonds. The maximum atomic E-state index is 5.97. The lowest BCUT2D eigenvalue weighted by atomic mass is 9.86. The van der Waals surface area contributed by atoms with Crippen LogP contribution in [-0.2, 0) is 12.8 Å². The highest BCUT2D eigenvalue weighted by Crippen LogP contribution is 2.38. The standard InChI is InChI=1S/C18H20N4/c19-17-5-7-18(22-17)6-1-2-13-3-4-14(8-15(13)9-18)16-10-20-12-21-11-16/h3-4,8,10-12H,1-2,5-7,9H2,(H2,19,22)/t18-/m1/s1. The van der Waals surface area contributed by atoms with Gasteiger partial charge < -0.3 is 5.73 Å². The summed E-state index contributed by atoms with van der Waals surface area (Å²) in [6, 6.07) is 6.74. The molecule has 2 heterocycles. The highest BCUT2D eigenvalue weighted by Gasteiger charge is 2.36. The lowest BCUT2D eigenvalue weighted by molar-refractivity contribution is 0.392. The number of rotatable bonds is 1. The Labute approximate surface area is 130 Å². The summed E-state index contributed by atoms with van der Waals surface area (Å²) in [6.07, 6.45) is 11.8. The van der Waals surface area contributed by atoms with Crippen molar-refractivity contribution in [3.05, 3.63) is 48.0 Å². The van der Waals surface area contributed by atoms with Crippen molar-refractivity contribution in [1.82, 2.24) is 9.97 Å². The van der Waals surface area contributed by atoms with Crippen LogP contribution in [0.5, 0.6) is 0 Å². The van der Waals surface area contributed by atoms with Crippen LogP contribution in [0.25, 0.3) is 11.1 Å². The smallest absolute Gasteiger partial charge is 0.115 e. The molecule has 4 heteroatoms. The predicted molar refractivity (Wildman–Crippen MR) is 87.7 cm³/mol. The van der Waals surface area contributed by atoms with E-state index in [9.17, 15) is 0 Å². The third-order valence-corrected chi connectivity index (χ3v) is 4.94. The van der Waals surface area contributed by atoms with Gasteiger partial charge in [0, 0.05) is 24.4 Å². The van der Waals surface area contributed by atoms with Crippen molar-refractivity contribution < 1.29 is 0 Å². The Kier molecular flexibility index (Phi) is 3.17. The zero-order chi connectivity index (χ0) is 15.0. The first-order chi connectivity index (χ1) is 10.7. The van der Waals surface area contributed by atoms with E-state index in [1.807, 2.05) is 12.4 Å². The molecule has 2 aliphatic rings. The summed E-state index contributed by atoms with van der Waals surface area (Å²) in [5.74, 6) is 0.830. The average molecular weight is 292 g/mol. The zero-order valence-corrected chi connectivity index (χ0v) is 12.6. The molecule has 0 radical (unpaired) electrons. The number of fused-ring (bicyclic) bond motifs is 1. The number of aliphatic imine (C=N–C) groups is 1. The minimum Gasteiger partial charge on any atom is -0.387 e. The minimum absolute atomic E-state index is 0.0428. The number of hydrogen-bond donors (Lipinski definition) is 1. The lowest BCUT2D eigenvalue weighted by Gasteiger charge is -2.24. The third-order valence-electron chi connectivity index (χ3n) is 4.94. The number of amidine groups is 1. The molecule has 0 saturated heterocycles. The van der Waals surface area contributed by atoms with Crippen LogP contribution < -0.4 is 5.73 Å². The molecule has 4 rings (SSSR count). The van der Waals surface area contributed by atoms with Gasteiger partial charge in [0.05, 0.1) is 11.4 Å². The number of aryl methyl sites for hydroxylation is 1. The molecule has 2 aromatic rings. The maximum absolute atomic E-state index is 5.97. The Morgan fingerprint density at radius 1 is 0.955 bits per heavy atom. The predicted octanol–water partition coefficient (Wildman–Crippen LogP) is 2.91. The highest BCUT2D eigenvalue weighted by atomic mass is 15.0. The largest absolute Gasteiger partial charge is 0.387 e. The van der Waals surface area contributed by atoms with Gasteiger partial charge in [0.25, 0.3) is 0 Å². The lowest BCUT2D eigenvalue weighted by Crippen LogP contribution is -2.26. The molecule has 112 valence electrons. The molecule has 1 aromatic heterocycles. The fourth-order valence-electron chi connectivity index (χ4n) is 3.80. The molecule has 2 N–H and O–H groups in total. The van der Waals surface area contributed by atoms with Crippen LogP contribution in [0.3, 0.4) is 0 Å². The van der Waals surface area contributed by atoms with Crippen molar-refractivity contribution >= 4 is 5.84 Å². The number of hydrogen-bond acceptors (Lipinski definition) is 4. The Balaban J connectivity index is 1.73. The second-order valence-corrected chi connectivity index (χ2v) is 6.47. The SMILES string of the molecule is NC1=N[C@]2(CCCc3ccc(-c4cncnc4)cc3C2)CC1. The van der Waals surface area contributed by atoms with Crippen LogP contribution >= 0.6 is 0 Å². The van der Waals surface area contributed by atoms with E-state index >= 15 is 0 Å². The van der Waals surface area contributed by atoms with Gasteiger partial charge in [-0.05, 0) is 48.8 Å². The van der Waals surface area contributed by atoms with E-state index < -0.39 is 0 Å². The first-order valence-electron chi connectivity index (χ1n) is 7.96. The molecule has 0 saturated carbocycles. The van der Waals surface area contributed by atoms with Crippen molar-refractivity contribution in [3.63, 3.8) is 0 Å². The van der Waals surface area contributed by atoms with Crippen LogP contribution in [0.1, 0.15) is 36.8 Å². The molecule has 1 atom stereocenters. The van der Waals surface area contributed by atoms with E-state index in [1.165, 1.54) is 23.1 Å². The van der Waals surface area contributed by atoms with E-state index in [2.05, 4.69) is 28.2 Å². The van der Waals surface area contributed by atoms with E-state index in [-0.39, 0.29) is 5.54 Å². The van der Waals surface area contributed by atoms with Gasteiger partial charge in [-0.25, -0.2) is 9.97 Å². The van der Waals surface area contributed by atoms with Gasteiger partial charge in [-0.3, -0.25) is 4.99 Å². The fourth-order valence-corrected chi connectivity index (χ4v) is 3.80. The number of nitrogens with two attached hydrogens (primary N) is 1. The summed E-state index contributed by atoms with van der Waals surface area (Å²) in [6.45, 7) is 0. The van der Waals surface area contributed by atoms with Crippen molar-refractivity contribution in [2.24, 2.45) is 10.7 Å². The number of aromatic nitrogens is 2. The summed E-state index contributed by atoms with van der Waals surface area (Å²) in [7, 11) is 0. The highest BCUT2D eigenvalue weighted by molar-refractivity contribution is 5.82. The van der Waals surface area contributed by atoms with Crippen molar-refractivity contribution in [1.29, 1.82) is 0 Å². The van der Waals surface area contributed by atoms with Gasteiger partial charge in [-0.15, -0.1) is 0 Å². The van der Waals surface area contributed by atoms with Crippen LogP contribution in [0.4, 0.5) is 0 Å². The van der Waals surface area contributed by atoms with Crippen LogP contribution in [0.2, 0.25) is 0 Å². The fraction of sp³-hybridized carbons (Fsp3) is 0.389. The summed E-state index contributed by atoms with van der Waals surface area (Å²) >= 11 is 0. The second-order valence-electron chi connectivity index (χ2n) is 6.47. The Morgan fingerprint density at radius 2 is 1.82 bits per heavy atom. The van der Waals surface area contributed by atoms with Crippen molar-refractivity contribution in [2.75, 3.05) is 0 Å². The van der Waals surface area contributed by atoms with Crippen molar-refractivity contribution in [3.8, 4) is 11.1 Å². The molecule has 1 aliphatic carbocycles. The molecule has 0 bridgehead atoms. The van der Waals surface area contributed by atoms with Crippen LogP contribution in [0, 0.1) is 0 Å². The molecular formula is C18H20N4. The van der Waals surface area contributed by atoms with Gasteiger partial charge in [0.1, 0.15) is 6.33 Å². The number of benzene rings is 1. The zero-order valence-electron chi connectivity index (χ0n) is 12.6. The van der Waals surface area contributed by atoms with Gasteiger partial charge in [-0.1, -0.05) is 18.2 Å². The molecule has 1 spiro atoms. The molecular weight excluding hydrogens is 272 g/mol. The first kappa shape index (κ1) is 13.4. The molecule has 0 unspecified atom stereocenters. The van der Waals surface area contributed by atoms with Gasteiger partial charge in [0.2, 0.25) is 0 Å². The Hall–Kier alpha value is -2.23. The molecule has 0 fully saturated rings. The number of nitrogens with zero attached hydrogens (tertiary/aromatic N) is 3. The van der Waals surface area contributed by atoms with Crippen LogP contribution in [0.15, 0.2) is 41.9 Å². The third kappa shape index (κ3) is 2.39. The topological polar surface area (TPSA) is 64.2 Å². The van der Waals surface area contributed by atoms with E-state index in [0.717, 1.165) is 43.5 Å². The molecule has 1 aromatic carbocycles. The minimum atomic E-state index is 0.0428. The summed E-state index contributed by atoms with van der Waals surface area (Å²) in [4.78, 5) is 13.1. The van der Waals surface area contributed by atoms with Gasteiger partial charge in [0.15, 0.2) is 0 Å². The Bertz CT molecular complexity index is 723. The van der Waals surface area contributed by atoms with E-state index in [0.29, 0.717) is 0 Å². The molecule has 22 heavy (non-hydrogen) atoms. The summed E-state index contributed by atoms with van der Waals surface area (Å²) < 4.78 is 0. The second kappa shape index (κ2) is 5.20. The van der Waals surface area contributed by atoms with Gasteiger partial charge >= 0.3 is 0 Å². The summed E-state index contributed by atoms with van der Waals surface area (Å²) in [5.41, 5.74) is 11.1. The normalized spacial score (nSPS) is 23.9. The van der Waals surface area contributed by atoms with Gasteiger partial charge in [-0.2, -0.15) is 0 Å². The molecule has 1 aliphatic heterocycles. The van der Waals surface area contributed by atoms with E-state index in [1.54, 1.807) is 6.33 Å². The van der Waals surface area contributed by atoms with E-state index in [4.69, 9.17) is 10.7 Å². The molecule has 4 nitrogen and oxygen atoms in total. The quantitative estimate of drug-likeness (QED) is 0.879. The Morgan fingerprint density at radius 3 is 2.59 bits per heavy atom. The monoisotopic (exact) mass is 292 g/mol. The first-order valence-corrected chi connectivity index (χ1v) is 7.96. The maximum Gasteiger partial charge on any atom is 0.115 e. The summed E-state index contributed by atoms with van der Waals surface area (Å²) in [5, 5.41) is 0.